The van der Waals surface area contributed by atoms with Gasteiger partial charge in [0.05, 0.1) is 6.61 Å². The predicted octanol–water partition coefficient (Wildman–Crippen LogP) is 21.0. The molecule has 0 saturated heterocycles. The van der Waals surface area contributed by atoms with E-state index in [1.54, 1.807) is 0 Å². The van der Waals surface area contributed by atoms with Crippen LogP contribution in [0.3, 0.4) is 0 Å². The van der Waals surface area contributed by atoms with E-state index < -0.39 is 6.10 Å². The minimum atomic E-state index is -0.773. The summed E-state index contributed by atoms with van der Waals surface area (Å²) in [7, 11) is 0. The second-order valence-corrected chi connectivity index (χ2v) is 20.8. The highest BCUT2D eigenvalue weighted by Gasteiger charge is 2.16. The number of hydrogen-bond acceptors (Lipinski definition) is 5. The van der Waals surface area contributed by atoms with Gasteiger partial charge in [0.2, 0.25) is 0 Å². The summed E-state index contributed by atoms with van der Waals surface area (Å²) in [6, 6.07) is 0. The van der Waals surface area contributed by atoms with E-state index in [-0.39, 0.29) is 25.2 Å². The quantitative estimate of drug-likeness (QED) is 0.0373. The molecule has 0 radical (unpaired) electrons. The standard InChI is InChI=1S/C65H118O5/c1-3-5-7-9-11-13-15-17-19-21-23-25-27-29-31-32-34-35-37-39-41-43-45-47-49-51-53-55-57-59-64(67)69-62-63(61-66)70-65(68)60-58-56-54-52-50-48-46-44-42-40-38-36-33-30-28-26-24-22-20-18-16-14-12-10-8-6-4-2/h6,8,12,14,18,20-21,23-24,26,63,66H,3-5,7,9-11,13,15-17,19,22,25,27-62H2,1-2H3/b8-6-,14-12-,20-18-,23-21-,26-24-. The predicted molar refractivity (Wildman–Crippen MR) is 307 cm³/mol. The largest absolute Gasteiger partial charge is 0.462 e. The van der Waals surface area contributed by atoms with Crippen LogP contribution in [0.4, 0.5) is 0 Å². The van der Waals surface area contributed by atoms with Crippen molar-refractivity contribution < 1.29 is 24.2 Å². The van der Waals surface area contributed by atoms with E-state index in [1.165, 1.54) is 231 Å². The molecule has 1 N–H and O–H groups in total. The first kappa shape index (κ1) is 67.6. The molecule has 0 spiro atoms. The summed E-state index contributed by atoms with van der Waals surface area (Å²) in [5.74, 6) is -0.577. The van der Waals surface area contributed by atoms with Crippen molar-refractivity contribution in [1.82, 2.24) is 0 Å². The lowest BCUT2D eigenvalue weighted by Crippen LogP contribution is -2.28. The van der Waals surface area contributed by atoms with Gasteiger partial charge in [0.1, 0.15) is 6.61 Å². The maximum atomic E-state index is 12.3. The molecule has 0 aromatic rings. The van der Waals surface area contributed by atoms with Gasteiger partial charge in [0.25, 0.3) is 0 Å². The summed E-state index contributed by atoms with van der Waals surface area (Å²) in [5, 5.41) is 9.68. The van der Waals surface area contributed by atoms with Gasteiger partial charge >= 0.3 is 11.9 Å². The highest BCUT2D eigenvalue weighted by atomic mass is 16.6. The molecule has 0 amide bonds. The molecule has 0 heterocycles. The summed E-state index contributed by atoms with van der Waals surface area (Å²) in [6.07, 6.45) is 82.2. The van der Waals surface area contributed by atoms with Gasteiger partial charge in [0, 0.05) is 12.8 Å². The third-order valence-electron chi connectivity index (χ3n) is 13.8. The van der Waals surface area contributed by atoms with Crippen LogP contribution in [0.25, 0.3) is 0 Å². The van der Waals surface area contributed by atoms with E-state index >= 15 is 0 Å². The van der Waals surface area contributed by atoms with Crippen molar-refractivity contribution in [3.05, 3.63) is 60.8 Å². The van der Waals surface area contributed by atoms with Crippen molar-refractivity contribution in [3.63, 3.8) is 0 Å². The minimum absolute atomic E-state index is 0.0634. The zero-order valence-electron chi connectivity index (χ0n) is 46.8. The summed E-state index contributed by atoms with van der Waals surface area (Å²) in [6.45, 7) is 4.07. The van der Waals surface area contributed by atoms with Crippen molar-refractivity contribution in [2.24, 2.45) is 0 Å². The molecule has 0 saturated carbocycles. The van der Waals surface area contributed by atoms with Crippen molar-refractivity contribution in [2.45, 2.75) is 328 Å². The Bertz CT molecular complexity index is 1200. The molecule has 0 aromatic heterocycles. The normalized spacial score (nSPS) is 12.6. The second kappa shape index (κ2) is 60.9. The number of carbonyl (C=O) groups is 2. The van der Waals surface area contributed by atoms with Crippen LogP contribution in [-0.4, -0.2) is 36.4 Å². The fourth-order valence-electron chi connectivity index (χ4n) is 9.19. The molecule has 5 nitrogen and oxygen atoms in total. The lowest BCUT2D eigenvalue weighted by atomic mass is 10.0. The number of carbonyl (C=O) groups excluding carboxylic acids is 2. The molecule has 1 atom stereocenters. The van der Waals surface area contributed by atoms with Crippen LogP contribution in [0.5, 0.6) is 0 Å². The molecular formula is C65H118O5. The number of allylic oxidation sites excluding steroid dienone is 10. The van der Waals surface area contributed by atoms with E-state index in [0.29, 0.717) is 12.8 Å². The number of ether oxygens (including phenoxy) is 2. The van der Waals surface area contributed by atoms with E-state index in [4.69, 9.17) is 9.47 Å². The molecule has 0 aliphatic carbocycles. The number of esters is 2. The van der Waals surface area contributed by atoms with E-state index in [2.05, 4.69) is 74.6 Å². The molecule has 0 bridgehead atoms. The highest BCUT2D eigenvalue weighted by molar-refractivity contribution is 5.70. The number of unbranched alkanes of at least 4 members (excludes halogenated alkanes) is 39. The Morgan fingerprint density at radius 3 is 0.943 bits per heavy atom. The lowest BCUT2D eigenvalue weighted by Gasteiger charge is -2.15. The second-order valence-electron chi connectivity index (χ2n) is 20.8. The van der Waals surface area contributed by atoms with Crippen LogP contribution in [0.1, 0.15) is 322 Å². The lowest BCUT2D eigenvalue weighted by molar-refractivity contribution is -0.161. The Labute approximate surface area is 436 Å². The van der Waals surface area contributed by atoms with Gasteiger partial charge in [-0.2, -0.15) is 0 Å². The molecule has 0 aliphatic rings. The maximum Gasteiger partial charge on any atom is 0.306 e. The fourth-order valence-corrected chi connectivity index (χ4v) is 9.19. The van der Waals surface area contributed by atoms with Crippen molar-refractivity contribution in [1.29, 1.82) is 0 Å². The Morgan fingerprint density at radius 2 is 0.614 bits per heavy atom. The average Bonchev–Trinajstić information content (AvgIpc) is 3.36. The van der Waals surface area contributed by atoms with Gasteiger partial charge in [-0.1, -0.05) is 293 Å². The Morgan fingerprint density at radius 1 is 0.343 bits per heavy atom. The monoisotopic (exact) mass is 979 g/mol. The summed E-state index contributed by atoms with van der Waals surface area (Å²) >= 11 is 0. The molecular weight excluding hydrogens is 861 g/mol. The van der Waals surface area contributed by atoms with E-state index in [9.17, 15) is 14.7 Å². The zero-order chi connectivity index (χ0) is 50.6. The van der Waals surface area contributed by atoms with Crippen LogP contribution < -0.4 is 0 Å². The van der Waals surface area contributed by atoms with Gasteiger partial charge in [-0.25, -0.2) is 0 Å². The molecule has 5 heteroatoms. The van der Waals surface area contributed by atoms with E-state index in [0.717, 1.165) is 64.2 Å². The summed E-state index contributed by atoms with van der Waals surface area (Å²) in [4.78, 5) is 24.6. The zero-order valence-corrected chi connectivity index (χ0v) is 46.8. The van der Waals surface area contributed by atoms with Gasteiger partial charge < -0.3 is 14.6 Å². The average molecular weight is 980 g/mol. The number of hydrogen-bond donors (Lipinski definition) is 1. The topological polar surface area (TPSA) is 72.8 Å². The highest BCUT2D eigenvalue weighted by Crippen LogP contribution is 2.17. The van der Waals surface area contributed by atoms with Gasteiger partial charge in [0.15, 0.2) is 6.10 Å². The molecule has 1 unspecified atom stereocenters. The summed E-state index contributed by atoms with van der Waals surface area (Å²) in [5.41, 5.74) is 0. The van der Waals surface area contributed by atoms with Crippen LogP contribution in [0, 0.1) is 0 Å². The van der Waals surface area contributed by atoms with Crippen LogP contribution in [0.2, 0.25) is 0 Å². The third-order valence-corrected chi connectivity index (χ3v) is 13.8. The minimum Gasteiger partial charge on any atom is -0.462 e. The van der Waals surface area contributed by atoms with Gasteiger partial charge in [-0.3, -0.25) is 9.59 Å². The maximum absolute atomic E-state index is 12.3. The summed E-state index contributed by atoms with van der Waals surface area (Å²) < 4.78 is 10.7. The number of rotatable bonds is 57. The molecule has 0 aliphatic heterocycles. The molecule has 0 rings (SSSR count). The first-order chi connectivity index (χ1) is 34.6. The first-order valence-electron chi connectivity index (χ1n) is 30.8. The Balaban J connectivity index is 3.43. The van der Waals surface area contributed by atoms with Crippen LogP contribution in [-0.2, 0) is 19.1 Å². The van der Waals surface area contributed by atoms with E-state index in [1.807, 2.05) is 0 Å². The van der Waals surface area contributed by atoms with Crippen LogP contribution >= 0.6 is 0 Å². The smallest absolute Gasteiger partial charge is 0.306 e. The Kier molecular flexibility index (Phi) is 58.8. The SMILES string of the molecule is CC/C=C\C/C=C\C/C=C\C/C=C\CCCCCCCCCCCCCCCCC(=O)OC(CO)COC(=O)CCCCCCCCCCCCCCCCCCC/C=C\CCCCCCCCCC. The van der Waals surface area contributed by atoms with Crippen molar-refractivity contribution >= 4 is 11.9 Å². The molecule has 0 aromatic carbocycles. The number of aliphatic hydroxyl groups is 1. The number of aliphatic hydroxyl groups excluding tert-OH is 1. The first-order valence-corrected chi connectivity index (χ1v) is 30.8. The van der Waals surface area contributed by atoms with Crippen molar-refractivity contribution in [3.8, 4) is 0 Å². The fraction of sp³-hybridized carbons (Fsp3) is 0.815. The van der Waals surface area contributed by atoms with Crippen LogP contribution in [0.15, 0.2) is 60.8 Å². The van der Waals surface area contributed by atoms with Gasteiger partial charge in [-0.05, 0) is 77.0 Å². The molecule has 0 fully saturated rings. The Hall–Kier alpha value is -2.40. The van der Waals surface area contributed by atoms with Crippen molar-refractivity contribution in [2.75, 3.05) is 13.2 Å². The third kappa shape index (κ3) is 58.2. The molecule has 408 valence electrons. The molecule has 70 heavy (non-hydrogen) atoms. The van der Waals surface area contributed by atoms with Gasteiger partial charge in [-0.15, -0.1) is 0 Å².